The minimum absolute atomic E-state index is 0.508. The molecule has 1 fully saturated rings. The summed E-state index contributed by atoms with van der Waals surface area (Å²) in [5.41, 5.74) is 1.24. The molecule has 1 unspecified atom stereocenters. The molecule has 5 nitrogen and oxygen atoms in total. The van der Waals surface area contributed by atoms with Crippen LogP contribution in [-0.2, 0) is 6.54 Å². The average Bonchev–Trinajstić information content (AvgIpc) is 3.41. The largest absolute Gasteiger partial charge is 0.494 e. The maximum Gasteiger partial charge on any atom is 0.193 e. The maximum absolute atomic E-state index is 5.49. The number of nitrogens with zero attached hydrogens (tertiary/aromatic N) is 3. The first-order valence-corrected chi connectivity index (χ1v) is 8.90. The Morgan fingerprint density at radius 1 is 1.29 bits per heavy atom. The zero-order valence-electron chi connectivity index (χ0n) is 15.7. The van der Waals surface area contributed by atoms with E-state index in [4.69, 9.17) is 4.74 Å². The highest BCUT2D eigenvalue weighted by Gasteiger charge is 2.29. The maximum atomic E-state index is 5.49. The van der Waals surface area contributed by atoms with E-state index in [9.17, 15) is 0 Å². The number of hydrogen-bond acceptors (Lipinski definition) is 3. The summed E-state index contributed by atoms with van der Waals surface area (Å²) in [7, 11) is 6.13. The Hall–Kier alpha value is -1.75. The predicted molar refractivity (Wildman–Crippen MR) is 101 cm³/mol. The van der Waals surface area contributed by atoms with Gasteiger partial charge in [0.25, 0.3) is 0 Å². The van der Waals surface area contributed by atoms with Crippen LogP contribution in [0.25, 0.3) is 0 Å². The van der Waals surface area contributed by atoms with Crippen molar-refractivity contribution in [2.45, 2.75) is 45.3 Å². The predicted octanol–water partition coefficient (Wildman–Crippen LogP) is 2.58. The average molecular weight is 332 g/mol. The Balaban J connectivity index is 1.83. The number of guanidine groups is 1. The van der Waals surface area contributed by atoms with Gasteiger partial charge in [0.1, 0.15) is 5.75 Å². The molecule has 5 heteroatoms. The van der Waals surface area contributed by atoms with Crippen molar-refractivity contribution in [3.8, 4) is 5.75 Å². The molecular weight excluding hydrogens is 300 g/mol. The molecule has 1 aliphatic carbocycles. The van der Waals surface area contributed by atoms with Crippen LogP contribution in [-0.4, -0.2) is 62.1 Å². The van der Waals surface area contributed by atoms with Gasteiger partial charge in [-0.05, 0) is 51.4 Å². The number of benzene rings is 1. The Morgan fingerprint density at radius 3 is 2.50 bits per heavy atom. The van der Waals surface area contributed by atoms with E-state index in [1.165, 1.54) is 18.4 Å². The second-order valence-corrected chi connectivity index (χ2v) is 6.61. The quantitative estimate of drug-likeness (QED) is 0.587. The summed E-state index contributed by atoms with van der Waals surface area (Å²) in [5, 5.41) is 3.49. The zero-order valence-corrected chi connectivity index (χ0v) is 15.7. The lowest BCUT2D eigenvalue weighted by atomic mass is 10.2. The minimum atomic E-state index is 0.508. The monoisotopic (exact) mass is 332 g/mol. The van der Waals surface area contributed by atoms with Gasteiger partial charge in [-0.3, -0.25) is 9.89 Å². The van der Waals surface area contributed by atoms with E-state index in [-0.39, 0.29) is 0 Å². The molecule has 0 aromatic heterocycles. The van der Waals surface area contributed by atoms with Crippen molar-refractivity contribution in [2.75, 3.05) is 34.3 Å². The third-order valence-electron chi connectivity index (χ3n) is 4.60. The minimum Gasteiger partial charge on any atom is -0.494 e. The molecule has 0 bridgehead atoms. The Labute approximate surface area is 146 Å². The van der Waals surface area contributed by atoms with Gasteiger partial charge < -0.3 is 15.0 Å². The van der Waals surface area contributed by atoms with Crippen LogP contribution in [0.2, 0.25) is 0 Å². The molecule has 0 heterocycles. The van der Waals surface area contributed by atoms with E-state index in [1.54, 1.807) is 0 Å². The lowest BCUT2D eigenvalue weighted by molar-refractivity contribution is 0.246. The van der Waals surface area contributed by atoms with Crippen LogP contribution < -0.4 is 10.1 Å². The zero-order chi connectivity index (χ0) is 17.5. The van der Waals surface area contributed by atoms with Crippen LogP contribution in [0.5, 0.6) is 5.75 Å². The van der Waals surface area contributed by atoms with Gasteiger partial charge in [0.05, 0.1) is 6.61 Å². The first-order valence-electron chi connectivity index (χ1n) is 8.90. The molecule has 0 amide bonds. The normalized spacial score (nSPS) is 16.2. The summed E-state index contributed by atoms with van der Waals surface area (Å²) in [6, 6.07) is 9.56. The van der Waals surface area contributed by atoms with Crippen LogP contribution in [0.3, 0.4) is 0 Å². The summed E-state index contributed by atoms with van der Waals surface area (Å²) < 4.78 is 5.49. The smallest absolute Gasteiger partial charge is 0.193 e. The van der Waals surface area contributed by atoms with Crippen molar-refractivity contribution in [3.05, 3.63) is 29.8 Å². The van der Waals surface area contributed by atoms with E-state index in [0.717, 1.165) is 30.8 Å². The molecule has 1 aromatic carbocycles. The Bertz CT molecular complexity index is 525. The second-order valence-electron chi connectivity index (χ2n) is 6.61. The highest BCUT2D eigenvalue weighted by atomic mass is 16.5. The number of aliphatic imine (C=N–C) groups is 1. The number of rotatable bonds is 8. The van der Waals surface area contributed by atoms with Gasteiger partial charge in [-0.2, -0.15) is 0 Å². The lowest BCUT2D eigenvalue weighted by Crippen LogP contribution is -2.45. The number of hydrogen-bond donors (Lipinski definition) is 1. The van der Waals surface area contributed by atoms with Gasteiger partial charge in [0, 0.05) is 39.3 Å². The molecular formula is C19H32N4O. The van der Waals surface area contributed by atoms with Gasteiger partial charge in [0.15, 0.2) is 5.96 Å². The lowest BCUT2D eigenvalue weighted by Gasteiger charge is -2.28. The number of ether oxygens (including phenoxy) is 1. The molecule has 1 atom stereocenters. The summed E-state index contributed by atoms with van der Waals surface area (Å²) in [6.07, 6.45) is 2.68. The molecule has 134 valence electrons. The molecule has 1 N–H and O–H groups in total. The second kappa shape index (κ2) is 8.92. The third kappa shape index (κ3) is 5.41. The van der Waals surface area contributed by atoms with Crippen LogP contribution in [0.4, 0.5) is 0 Å². The van der Waals surface area contributed by atoms with Crippen LogP contribution in [0.15, 0.2) is 29.3 Å². The van der Waals surface area contributed by atoms with E-state index in [0.29, 0.717) is 12.6 Å². The highest BCUT2D eigenvalue weighted by molar-refractivity contribution is 5.79. The topological polar surface area (TPSA) is 40.1 Å². The van der Waals surface area contributed by atoms with E-state index < -0.39 is 0 Å². The van der Waals surface area contributed by atoms with E-state index in [1.807, 2.05) is 26.1 Å². The van der Waals surface area contributed by atoms with Gasteiger partial charge in [0.2, 0.25) is 0 Å². The first kappa shape index (κ1) is 18.6. The van der Waals surface area contributed by atoms with Crippen molar-refractivity contribution >= 4 is 5.96 Å². The van der Waals surface area contributed by atoms with Crippen molar-refractivity contribution in [2.24, 2.45) is 4.99 Å². The fourth-order valence-electron chi connectivity index (χ4n) is 2.82. The van der Waals surface area contributed by atoms with Gasteiger partial charge in [-0.15, -0.1) is 0 Å². The standard InChI is InChI=1S/C19H32N4O/c1-6-24-18-11-7-16(8-12-18)14-22(4)19(20-3)21-13-15(2)23(5)17-9-10-17/h7-8,11-12,15,17H,6,9-10,13-14H2,1-5H3,(H,20,21). The molecule has 1 saturated carbocycles. The van der Waals surface area contributed by atoms with E-state index in [2.05, 4.69) is 53.3 Å². The summed E-state index contributed by atoms with van der Waals surface area (Å²) in [4.78, 5) is 9.03. The van der Waals surface area contributed by atoms with Gasteiger partial charge in [-0.1, -0.05) is 12.1 Å². The van der Waals surface area contributed by atoms with Crippen LogP contribution in [0.1, 0.15) is 32.3 Å². The van der Waals surface area contributed by atoms with Crippen molar-refractivity contribution < 1.29 is 4.74 Å². The summed E-state index contributed by atoms with van der Waals surface area (Å²) in [6.45, 7) is 6.69. The summed E-state index contributed by atoms with van der Waals surface area (Å²) >= 11 is 0. The molecule has 0 spiro atoms. The third-order valence-corrected chi connectivity index (χ3v) is 4.60. The Morgan fingerprint density at radius 2 is 1.96 bits per heavy atom. The molecule has 24 heavy (non-hydrogen) atoms. The molecule has 0 radical (unpaired) electrons. The van der Waals surface area contributed by atoms with Gasteiger partial charge in [-0.25, -0.2) is 0 Å². The SMILES string of the molecule is CCOc1ccc(CN(C)C(=NC)NCC(C)N(C)C2CC2)cc1. The molecule has 2 rings (SSSR count). The van der Waals surface area contributed by atoms with Crippen molar-refractivity contribution in [1.82, 2.24) is 15.1 Å². The number of likely N-dealkylation sites (N-methyl/N-ethyl adjacent to an activating group) is 1. The molecule has 0 aliphatic heterocycles. The first-order chi connectivity index (χ1) is 11.5. The van der Waals surface area contributed by atoms with E-state index >= 15 is 0 Å². The number of nitrogens with one attached hydrogen (secondary N) is 1. The fourth-order valence-corrected chi connectivity index (χ4v) is 2.82. The highest BCUT2D eigenvalue weighted by Crippen LogP contribution is 2.26. The molecule has 0 saturated heterocycles. The van der Waals surface area contributed by atoms with Crippen molar-refractivity contribution in [3.63, 3.8) is 0 Å². The fraction of sp³-hybridized carbons (Fsp3) is 0.632. The van der Waals surface area contributed by atoms with Crippen LogP contribution in [0, 0.1) is 0 Å². The van der Waals surface area contributed by atoms with Crippen LogP contribution >= 0.6 is 0 Å². The molecule has 1 aromatic rings. The van der Waals surface area contributed by atoms with Gasteiger partial charge >= 0.3 is 0 Å². The summed E-state index contributed by atoms with van der Waals surface area (Å²) in [5.74, 6) is 1.85. The van der Waals surface area contributed by atoms with Crippen molar-refractivity contribution in [1.29, 1.82) is 0 Å². The Kier molecular flexibility index (Phi) is 6.91. The molecule has 1 aliphatic rings.